The molecule has 0 bridgehead atoms. The van der Waals surface area contributed by atoms with Crippen LogP contribution in [-0.2, 0) is 35.4 Å². The summed E-state index contributed by atoms with van der Waals surface area (Å²) in [7, 11) is 0. The number of esters is 1. The monoisotopic (exact) mass is 366 g/mol. The molecule has 0 saturated carbocycles. The van der Waals surface area contributed by atoms with Gasteiger partial charge in [-0.3, -0.25) is 0 Å². The summed E-state index contributed by atoms with van der Waals surface area (Å²) in [5, 5.41) is 9.07. The van der Waals surface area contributed by atoms with Gasteiger partial charge in [-0.1, -0.05) is 63.2 Å². The number of hydrogen-bond donors (Lipinski definition) is 1. The zero-order valence-corrected chi connectivity index (χ0v) is 16.5. The summed E-state index contributed by atoms with van der Waals surface area (Å²) >= 11 is 0. The van der Waals surface area contributed by atoms with Crippen molar-refractivity contribution in [3.8, 4) is 11.1 Å². The molecule has 0 heterocycles. The highest BCUT2D eigenvalue weighted by molar-refractivity contribution is 5.81. The van der Waals surface area contributed by atoms with Crippen LogP contribution in [0.5, 0.6) is 0 Å². The summed E-state index contributed by atoms with van der Waals surface area (Å²) in [5.74, 6) is -0.406. The maximum Gasteiger partial charge on any atom is 0.330 e. The molecule has 2 aromatic rings. The van der Waals surface area contributed by atoms with Crippen molar-refractivity contribution in [2.24, 2.45) is 0 Å². The highest BCUT2D eigenvalue weighted by Crippen LogP contribution is 2.30. The number of aliphatic hydroxyl groups excluding tert-OH is 1. The van der Waals surface area contributed by atoms with Gasteiger partial charge < -0.3 is 9.84 Å². The fraction of sp³-hybridized carbons (Fsp3) is 0.375. The lowest BCUT2D eigenvalue weighted by molar-refractivity contribution is -0.138. The van der Waals surface area contributed by atoms with Gasteiger partial charge >= 0.3 is 5.97 Å². The smallest absolute Gasteiger partial charge is 0.330 e. The average Bonchev–Trinajstić information content (AvgIpc) is 2.70. The molecule has 0 radical (unpaired) electrons. The fourth-order valence-corrected chi connectivity index (χ4v) is 3.32. The van der Waals surface area contributed by atoms with Gasteiger partial charge in [0.1, 0.15) is 6.61 Å². The van der Waals surface area contributed by atoms with Crippen LogP contribution < -0.4 is 0 Å². The van der Waals surface area contributed by atoms with Gasteiger partial charge in [0, 0.05) is 12.7 Å². The Bertz CT molecular complexity index is 777. The number of carbonyl (C=O) groups is 1. The number of hydrogen-bond acceptors (Lipinski definition) is 3. The van der Waals surface area contributed by atoms with E-state index in [0.717, 1.165) is 43.2 Å². The van der Waals surface area contributed by atoms with Crippen molar-refractivity contribution in [2.75, 3.05) is 6.61 Å². The lowest BCUT2D eigenvalue weighted by Crippen LogP contribution is -2.03. The molecule has 2 rings (SSSR count). The minimum atomic E-state index is -0.406. The topological polar surface area (TPSA) is 46.5 Å². The van der Waals surface area contributed by atoms with Crippen molar-refractivity contribution in [1.82, 2.24) is 0 Å². The van der Waals surface area contributed by atoms with E-state index in [9.17, 15) is 4.79 Å². The van der Waals surface area contributed by atoms with Crippen molar-refractivity contribution in [3.05, 3.63) is 71.3 Å². The lowest BCUT2D eigenvalue weighted by atomic mass is 9.90. The van der Waals surface area contributed by atoms with Gasteiger partial charge in [-0.15, -0.1) is 0 Å². The predicted octanol–water partition coefficient (Wildman–Crippen LogP) is 5.02. The molecule has 1 N–H and O–H groups in total. The quantitative estimate of drug-likeness (QED) is 0.474. The van der Waals surface area contributed by atoms with E-state index < -0.39 is 5.97 Å². The van der Waals surface area contributed by atoms with E-state index in [4.69, 9.17) is 9.84 Å². The number of ether oxygens (including phenoxy) is 1. The first kappa shape index (κ1) is 20.9. The SMILES string of the molecule is C=CC(=O)OCc1cc(CCC)ccc1-c1ccc(CCCO)cc1CC. The Morgan fingerprint density at radius 2 is 1.67 bits per heavy atom. The highest BCUT2D eigenvalue weighted by Gasteiger charge is 2.12. The molecule has 0 fully saturated rings. The van der Waals surface area contributed by atoms with Crippen LogP contribution in [0, 0.1) is 0 Å². The molecule has 3 nitrogen and oxygen atoms in total. The summed E-state index contributed by atoms with van der Waals surface area (Å²) in [5.41, 5.74) is 7.07. The minimum Gasteiger partial charge on any atom is -0.458 e. The van der Waals surface area contributed by atoms with Crippen molar-refractivity contribution < 1.29 is 14.6 Å². The molecule has 27 heavy (non-hydrogen) atoms. The van der Waals surface area contributed by atoms with Crippen LogP contribution in [0.1, 0.15) is 48.9 Å². The van der Waals surface area contributed by atoms with E-state index in [1.807, 2.05) is 0 Å². The molecule has 144 valence electrons. The molecule has 0 spiro atoms. The van der Waals surface area contributed by atoms with Crippen molar-refractivity contribution >= 4 is 5.97 Å². The van der Waals surface area contributed by atoms with E-state index in [-0.39, 0.29) is 13.2 Å². The van der Waals surface area contributed by atoms with Crippen LogP contribution in [0.15, 0.2) is 49.1 Å². The zero-order valence-electron chi connectivity index (χ0n) is 16.5. The molecule has 0 saturated heterocycles. The predicted molar refractivity (Wildman–Crippen MR) is 111 cm³/mol. The standard InChI is InChI=1S/C24H30O3/c1-4-8-18-10-13-23(21(16-18)17-27-24(26)6-3)22-12-11-19(9-7-14-25)15-20(22)5-2/h6,10-13,15-16,25H,3-5,7-9,14,17H2,1-2H3. The van der Waals surface area contributed by atoms with Crippen molar-refractivity contribution in [3.63, 3.8) is 0 Å². The third-order valence-electron chi connectivity index (χ3n) is 4.71. The second-order valence-corrected chi connectivity index (χ2v) is 6.73. The first-order valence-corrected chi connectivity index (χ1v) is 9.76. The Morgan fingerprint density at radius 3 is 2.26 bits per heavy atom. The van der Waals surface area contributed by atoms with E-state index in [2.05, 4.69) is 56.8 Å². The van der Waals surface area contributed by atoms with Crippen molar-refractivity contribution in [2.45, 2.75) is 52.6 Å². The second kappa shape index (κ2) is 10.7. The van der Waals surface area contributed by atoms with Gasteiger partial charge in [0.25, 0.3) is 0 Å². The molecular weight excluding hydrogens is 336 g/mol. The molecule has 0 aliphatic heterocycles. The summed E-state index contributed by atoms with van der Waals surface area (Å²) < 4.78 is 5.34. The summed E-state index contributed by atoms with van der Waals surface area (Å²) in [6.45, 7) is 8.23. The van der Waals surface area contributed by atoms with E-state index in [1.165, 1.54) is 28.3 Å². The van der Waals surface area contributed by atoms with Gasteiger partial charge in [0.2, 0.25) is 0 Å². The van der Waals surface area contributed by atoms with E-state index in [1.54, 1.807) is 0 Å². The largest absolute Gasteiger partial charge is 0.458 e. The normalized spacial score (nSPS) is 10.6. The minimum absolute atomic E-state index is 0.209. The average molecular weight is 367 g/mol. The lowest BCUT2D eigenvalue weighted by Gasteiger charge is -2.16. The molecule has 0 aliphatic carbocycles. The van der Waals surface area contributed by atoms with Crippen LogP contribution in [0.4, 0.5) is 0 Å². The van der Waals surface area contributed by atoms with Crippen LogP contribution in [-0.4, -0.2) is 17.7 Å². The van der Waals surface area contributed by atoms with Crippen molar-refractivity contribution in [1.29, 1.82) is 0 Å². The molecule has 0 amide bonds. The Hall–Kier alpha value is -2.39. The number of rotatable bonds is 10. The van der Waals surface area contributed by atoms with Gasteiger partial charge in [0.05, 0.1) is 0 Å². The third kappa shape index (κ3) is 5.80. The first-order valence-electron chi connectivity index (χ1n) is 9.76. The summed E-state index contributed by atoms with van der Waals surface area (Å²) in [6.07, 6.45) is 5.85. The molecule has 0 aliphatic rings. The van der Waals surface area contributed by atoms with Gasteiger partial charge in [0.15, 0.2) is 0 Å². The highest BCUT2D eigenvalue weighted by atomic mass is 16.5. The summed E-state index contributed by atoms with van der Waals surface area (Å²) in [6, 6.07) is 13.0. The maximum atomic E-state index is 11.6. The Morgan fingerprint density at radius 1 is 1.04 bits per heavy atom. The van der Waals surface area contributed by atoms with Gasteiger partial charge in [-0.2, -0.15) is 0 Å². The van der Waals surface area contributed by atoms with E-state index in [0.29, 0.717) is 0 Å². The van der Waals surface area contributed by atoms with Gasteiger partial charge in [-0.25, -0.2) is 4.79 Å². The first-order chi connectivity index (χ1) is 13.1. The Balaban J connectivity index is 2.42. The fourth-order valence-electron chi connectivity index (χ4n) is 3.32. The van der Waals surface area contributed by atoms with Crippen LogP contribution in [0.25, 0.3) is 11.1 Å². The number of carbonyl (C=O) groups excluding carboxylic acids is 1. The zero-order chi connectivity index (χ0) is 19.6. The molecule has 3 heteroatoms. The van der Waals surface area contributed by atoms with Gasteiger partial charge in [-0.05, 0) is 59.1 Å². The van der Waals surface area contributed by atoms with E-state index >= 15 is 0 Å². The third-order valence-corrected chi connectivity index (χ3v) is 4.71. The second-order valence-electron chi connectivity index (χ2n) is 6.73. The molecular formula is C24H30O3. The molecule has 0 atom stereocenters. The Labute approximate surface area is 162 Å². The molecule has 0 aromatic heterocycles. The Kier molecular flexibility index (Phi) is 8.28. The number of aryl methyl sites for hydroxylation is 3. The van der Waals surface area contributed by atoms with Crippen LogP contribution in [0.2, 0.25) is 0 Å². The van der Waals surface area contributed by atoms with Crippen LogP contribution >= 0.6 is 0 Å². The molecule has 2 aromatic carbocycles. The summed E-state index contributed by atoms with van der Waals surface area (Å²) in [4.78, 5) is 11.6. The maximum absolute atomic E-state index is 11.6. The van der Waals surface area contributed by atoms with Crippen LogP contribution in [0.3, 0.4) is 0 Å². The number of aliphatic hydroxyl groups is 1. The molecule has 0 unspecified atom stereocenters. The number of benzene rings is 2.